The van der Waals surface area contributed by atoms with Gasteiger partial charge >= 0.3 is 5.97 Å². The van der Waals surface area contributed by atoms with Crippen molar-refractivity contribution in [3.8, 4) is 11.5 Å². The first-order valence-corrected chi connectivity index (χ1v) is 7.69. The van der Waals surface area contributed by atoms with Crippen molar-refractivity contribution < 1.29 is 19.4 Å². The Hall–Kier alpha value is -1.53. The summed E-state index contributed by atoms with van der Waals surface area (Å²) in [5.74, 6) is 0.309. The molecule has 1 N–H and O–H groups in total. The fourth-order valence-corrected chi connectivity index (χ4v) is 3.21. The number of carbonyl (C=O) groups is 1. The molecule has 3 rings (SSSR count). The molecule has 0 radical (unpaired) electrons. The number of ether oxygens (including phenoxy) is 2. The smallest absolute Gasteiger partial charge is 0.349 e. The number of rotatable bonds is 4. The molecule has 1 aliphatic heterocycles. The van der Waals surface area contributed by atoms with Gasteiger partial charge in [-0.1, -0.05) is 15.9 Å². The molecule has 1 aliphatic rings. The molecule has 2 aromatic rings. The van der Waals surface area contributed by atoms with E-state index in [0.717, 1.165) is 33.5 Å². The van der Waals surface area contributed by atoms with Gasteiger partial charge in [0.05, 0.1) is 0 Å². The maximum Gasteiger partial charge on any atom is 0.349 e. The monoisotopic (exact) mass is 354 g/mol. The van der Waals surface area contributed by atoms with E-state index in [1.165, 1.54) is 0 Å². The van der Waals surface area contributed by atoms with Crippen LogP contribution in [0.3, 0.4) is 0 Å². The van der Waals surface area contributed by atoms with Gasteiger partial charge in [-0.3, -0.25) is 0 Å². The molecule has 0 amide bonds. The summed E-state index contributed by atoms with van der Waals surface area (Å²) in [6.45, 7) is 0.337. The highest BCUT2D eigenvalue weighted by atomic mass is 79.9. The van der Waals surface area contributed by atoms with Crippen molar-refractivity contribution in [3.63, 3.8) is 0 Å². The van der Waals surface area contributed by atoms with Crippen LogP contribution in [0, 0.1) is 0 Å². The third-order valence-electron chi connectivity index (χ3n) is 3.01. The number of fused-ring (bicyclic) bond motifs is 1. The van der Waals surface area contributed by atoms with Crippen LogP contribution in [-0.2, 0) is 6.42 Å². The van der Waals surface area contributed by atoms with Crippen molar-refractivity contribution in [1.29, 1.82) is 0 Å². The predicted octanol–water partition coefficient (Wildman–Crippen LogP) is 3.59. The van der Waals surface area contributed by atoms with Gasteiger partial charge in [-0.25, -0.2) is 4.79 Å². The summed E-state index contributed by atoms with van der Waals surface area (Å²) < 4.78 is 12.4. The first-order chi connectivity index (χ1) is 9.63. The van der Waals surface area contributed by atoms with Crippen LogP contribution in [0.2, 0.25) is 0 Å². The quantitative estimate of drug-likeness (QED) is 0.911. The van der Waals surface area contributed by atoms with E-state index in [0.29, 0.717) is 12.4 Å². The molecule has 0 spiro atoms. The van der Waals surface area contributed by atoms with Gasteiger partial charge in [-0.2, -0.15) is 0 Å². The van der Waals surface area contributed by atoms with Crippen molar-refractivity contribution in [2.24, 2.45) is 0 Å². The molecule has 2 heterocycles. The molecule has 20 heavy (non-hydrogen) atoms. The number of hydrogen-bond acceptors (Lipinski definition) is 4. The molecule has 6 heteroatoms. The van der Waals surface area contributed by atoms with Gasteiger partial charge in [0, 0.05) is 10.9 Å². The van der Waals surface area contributed by atoms with Crippen molar-refractivity contribution in [3.05, 3.63) is 44.6 Å². The molecule has 1 atom stereocenters. The molecule has 0 fully saturated rings. The zero-order valence-corrected chi connectivity index (χ0v) is 12.7. The Morgan fingerprint density at radius 1 is 1.50 bits per heavy atom. The van der Waals surface area contributed by atoms with E-state index in [1.807, 2.05) is 18.2 Å². The Morgan fingerprint density at radius 2 is 2.35 bits per heavy atom. The van der Waals surface area contributed by atoms with Crippen LogP contribution in [-0.4, -0.2) is 23.8 Å². The highest BCUT2D eigenvalue weighted by Gasteiger charge is 2.24. The molecular weight excluding hydrogens is 344 g/mol. The zero-order valence-electron chi connectivity index (χ0n) is 10.3. The van der Waals surface area contributed by atoms with Crippen LogP contribution in [0.25, 0.3) is 0 Å². The first-order valence-electron chi connectivity index (χ1n) is 6.02. The number of carboxylic acids is 1. The van der Waals surface area contributed by atoms with Crippen LogP contribution < -0.4 is 9.47 Å². The lowest BCUT2D eigenvalue weighted by Crippen LogP contribution is -2.22. The first kappa shape index (κ1) is 13.5. The number of halogens is 1. The third-order valence-corrected chi connectivity index (χ3v) is 4.39. The SMILES string of the molecule is O=C(O)c1sccc1OCC1Cc2cc(Br)ccc2O1. The summed E-state index contributed by atoms with van der Waals surface area (Å²) in [6.07, 6.45) is 0.683. The van der Waals surface area contributed by atoms with Crippen LogP contribution >= 0.6 is 27.3 Å². The lowest BCUT2D eigenvalue weighted by atomic mass is 10.1. The van der Waals surface area contributed by atoms with Crippen LogP contribution in [0.1, 0.15) is 15.2 Å². The molecule has 0 saturated carbocycles. The van der Waals surface area contributed by atoms with Gasteiger partial charge in [-0.05, 0) is 35.2 Å². The summed E-state index contributed by atoms with van der Waals surface area (Å²) in [7, 11) is 0. The topological polar surface area (TPSA) is 55.8 Å². The summed E-state index contributed by atoms with van der Waals surface area (Å²) in [4.78, 5) is 11.2. The highest BCUT2D eigenvalue weighted by molar-refractivity contribution is 9.10. The average Bonchev–Trinajstić information content (AvgIpc) is 3.01. The van der Waals surface area contributed by atoms with Crippen LogP contribution in [0.5, 0.6) is 11.5 Å². The summed E-state index contributed by atoms with van der Waals surface area (Å²) in [6, 6.07) is 7.56. The molecule has 0 saturated heterocycles. The molecular formula is C14H11BrO4S. The van der Waals surface area contributed by atoms with Crippen LogP contribution in [0.15, 0.2) is 34.1 Å². The van der Waals surface area contributed by atoms with E-state index in [-0.39, 0.29) is 11.0 Å². The van der Waals surface area contributed by atoms with Gasteiger partial charge in [0.15, 0.2) is 4.88 Å². The summed E-state index contributed by atoms with van der Waals surface area (Å²) in [5.41, 5.74) is 1.14. The van der Waals surface area contributed by atoms with Crippen molar-refractivity contribution in [1.82, 2.24) is 0 Å². The number of benzene rings is 1. The highest BCUT2D eigenvalue weighted by Crippen LogP contribution is 2.32. The van der Waals surface area contributed by atoms with E-state index in [4.69, 9.17) is 14.6 Å². The van der Waals surface area contributed by atoms with Gasteiger partial charge in [0.1, 0.15) is 24.2 Å². The summed E-state index contributed by atoms with van der Waals surface area (Å²) >= 11 is 4.59. The zero-order chi connectivity index (χ0) is 14.1. The molecule has 1 aromatic carbocycles. The number of thiophene rings is 1. The van der Waals surface area contributed by atoms with Crippen LogP contribution in [0.4, 0.5) is 0 Å². The average molecular weight is 355 g/mol. The maximum absolute atomic E-state index is 11.0. The number of carboxylic acid groups (broad SMARTS) is 1. The molecule has 0 aliphatic carbocycles. The third kappa shape index (κ3) is 2.66. The van der Waals surface area contributed by atoms with E-state index < -0.39 is 5.97 Å². The Balaban J connectivity index is 1.64. The van der Waals surface area contributed by atoms with Crippen molar-refractivity contribution in [2.45, 2.75) is 12.5 Å². The number of hydrogen-bond donors (Lipinski definition) is 1. The molecule has 0 bridgehead atoms. The second-order valence-corrected chi connectivity index (χ2v) is 6.26. The van der Waals surface area contributed by atoms with E-state index >= 15 is 0 Å². The van der Waals surface area contributed by atoms with Gasteiger partial charge in [0.25, 0.3) is 0 Å². The Bertz CT molecular complexity index is 652. The standard InChI is InChI=1S/C14H11BrO4S/c15-9-1-2-11-8(5-9)6-10(19-11)7-18-12-3-4-20-13(12)14(16)17/h1-5,10H,6-7H2,(H,16,17). The molecule has 1 aromatic heterocycles. The largest absolute Gasteiger partial charge is 0.488 e. The predicted molar refractivity (Wildman–Crippen MR) is 79.0 cm³/mol. The van der Waals surface area contributed by atoms with E-state index in [1.54, 1.807) is 11.4 Å². The summed E-state index contributed by atoms with van der Waals surface area (Å²) in [5, 5.41) is 10.7. The number of aromatic carboxylic acids is 1. The normalized spacial score (nSPS) is 16.6. The fraction of sp³-hybridized carbons (Fsp3) is 0.214. The van der Waals surface area contributed by atoms with E-state index in [9.17, 15) is 4.79 Å². The molecule has 4 nitrogen and oxygen atoms in total. The van der Waals surface area contributed by atoms with Gasteiger partial charge in [0.2, 0.25) is 0 Å². The molecule has 1 unspecified atom stereocenters. The minimum atomic E-state index is -0.963. The van der Waals surface area contributed by atoms with Crippen molar-refractivity contribution >= 4 is 33.2 Å². The Morgan fingerprint density at radius 3 is 3.15 bits per heavy atom. The second-order valence-electron chi connectivity index (χ2n) is 4.43. The van der Waals surface area contributed by atoms with Gasteiger partial charge in [-0.15, -0.1) is 11.3 Å². The Kier molecular flexibility index (Phi) is 3.67. The minimum Gasteiger partial charge on any atom is -0.488 e. The second kappa shape index (κ2) is 5.46. The lowest BCUT2D eigenvalue weighted by molar-refractivity contribution is 0.0694. The maximum atomic E-state index is 11.0. The van der Waals surface area contributed by atoms with E-state index in [2.05, 4.69) is 15.9 Å². The molecule has 104 valence electrons. The fourth-order valence-electron chi connectivity index (χ4n) is 2.13. The minimum absolute atomic E-state index is 0.0826. The van der Waals surface area contributed by atoms with Gasteiger partial charge < -0.3 is 14.6 Å². The Labute approximate surface area is 128 Å². The lowest BCUT2D eigenvalue weighted by Gasteiger charge is -2.11. The van der Waals surface area contributed by atoms with Crippen molar-refractivity contribution in [2.75, 3.05) is 6.61 Å².